The van der Waals surface area contributed by atoms with Crippen LogP contribution in [-0.4, -0.2) is 19.2 Å². The van der Waals surface area contributed by atoms with Gasteiger partial charge in [0.1, 0.15) is 11.9 Å². The smallest absolute Gasteiger partial charge is 0.138 e. The van der Waals surface area contributed by atoms with Crippen LogP contribution < -0.4 is 15.4 Å². The summed E-state index contributed by atoms with van der Waals surface area (Å²) < 4.78 is 6.06. The first-order chi connectivity index (χ1) is 11.0. The summed E-state index contributed by atoms with van der Waals surface area (Å²) >= 11 is 6.20. The number of anilines is 2. The van der Waals surface area contributed by atoms with Crippen molar-refractivity contribution in [3.05, 3.63) is 53.1 Å². The maximum atomic E-state index is 6.20. The average Bonchev–Trinajstić information content (AvgIpc) is 2.99. The summed E-state index contributed by atoms with van der Waals surface area (Å²) in [6.45, 7) is 6.32. The molecular formula is C19H23ClN2O. The standard InChI is InChI=1S/C19H23ClN2O/c1-13(2)14-4-3-5-16(10-14)22-9-8-17(12-22)23-19-7-6-15(21)11-18(19)20/h3-7,10-11,13,17H,8-9,12,21H2,1-2H3. The summed E-state index contributed by atoms with van der Waals surface area (Å²) in [5, 5.41) is 0.574. The van der Waals surface area contributed by atoms with Crippen molar-refractivity contribution < 1.29 is 4.74 Å². The van der Waals surface area contributed by atoms with Crippen molar-refractivity contribution in [3.63, 3.8) is 0 Å². The van der Waals surface area contributed by atoms with Gasteiger partial charge < -0.3 is 15.4 Å². The van der Waals surface area contributed by atoms with Gasteiger partial charge in [0, 0.05) is 24.3 Å². The lowest BCUT2D eigenvalue weighted by Crippen LogP contribution is -2.24. The van der Waals surface area contributed by atoms with E-state index in [2.05, 4.69) is 43.0 Å². The third-order valence-corrected chi connectivity index (χ3v) is 4.59. The Balaban J connectivity index is 1.67. The van der Waals surface area contributed by atoms with E-state index in [0.29, 0.717) is 22.4 Å². The minimum Gasteiger partial charge on any atom is -0.487 e. The van der Waals surface area contributed by atoms with E-state index < -0.39 is 0 Å². The summed E-state index contributed by atoms with van der Waals surface area (Å²) in [5.74, 6) is 1.25. The number of ether oxygens (including phenoxy) is 1. The summed E-state index contributed by atoms with van der Waals surface area (Å²) in [5.41, 5.74) is 9.02. The Hall–Kier alpha value is -1.87. The predicted molar refractivity (Wildman–Crippen MR) is 97.6 cm³/mol. The van der Waals surface area contributed by atoms with Crippen molar-refractivity contribution in [3.8, 4) is 5.75 Å². The van der Waals surface area contributed by atoms with Crippen LogP contribution in [0.15, 0.2) is 42.5 Å². The topological polar surface area (TPSA) is 38.5 Å². The zero-order chi connectivity index (χ0) is 16.4. The predicted octanol–water partition coefficient (Wildman–Crippen LogP) is 4.70. The number of benzene rings is 2. The molecule has 0 spiro atoms. The van der Waals surface area contributed by atoms with Crippen LogP contribution in [0.5, 0.6) is 5.75 Å². The van der Waals surface area contributed by atoms with Gasteiger partial charge in [0.15, 0.2) is 0 Å². The molecule has 3 rings (SSSR count). The van der Waals surface area contributed by atoms with Crippen LogP contribution in [0.3, 0.4) is 0 Å². The third-order valence-electron chi connectivity index (χ3n) is 4.30. The highest BCUT2D eigenvalue weighted by atomic mass is 35.5. The van der Waals surface area contributed by atoms with Crippen LogP contribution in [0.4, 0.5) is 11.4 Å². The molecule has 1 heterocycles. The number of nitrogens with zero attached hydrogens (tertiary/aromatic N) is 1. The fourth-order valence-corrected chi connectivity index (χ4v) is 3.17. The first kappa shape index (κ1) is 16.0. The Morgan fingerprint density at radius 2 is 2.04 bits per heavy atom. The maximum Gasteiger partial charge on any atom is 0.138 e. The third kappa shape index (κ3) is 3.73. The van der Waals surface area contributed by atoms with E-state index in [1.54, 1.807) is 6.07 Å². The molecule has 1 unspecified atom stereocenters. The fraction of sp³-hybridized carbons (Fsp3) is 0.368. The molecule has 2 aromatic carbocycles. The van der Waals surface area contributed by atoms with E-state index in [0.717, 1.165) is 19.5 Å². The molecular weight excluding hydrogens is 308 g/mol. The molecule has 1 aliphatic heterocycles. The summed E-state index contributed by atoms with van der Waals surface area (Å²) in [4.78, 5) is 2.38. The van der Waals surface area contributed by atoms with Gasteiger partial charge >= 0.3 is 0 Å². The van der Waals surface area contributed by atoms with Gasteiger partial charge in [-0.15, -0.1) is 0 Å². The number of rotatable bonds is 4. The second kappa shape index (κ2) is 6.71. The largest absolute Gasteiger partial charge is 0.487 e. The summed E-state index contributed by atoms with van der Waals surface area (Å²) in [7, 11) is 0. The second-order valence-electron chi connectivity index (χ2n) is 6.41. The lowest BCUT2D eigenvalue weighted by molar-refractivity contribution is 0.225. The van der Waals surface area contributed by atoms with Crippen molar-refractivity contribution in [1.82, 2.24) is 0 Å². The van der Waals surface area contributed by atoms with Crippen molar-refractivity contribution >= 4 is 23.0 Å². The van der Waals surface area contributed by atoms with Gasteiger partial charge in [0.05, 0.1) is 11.6 Å². The molecule has 122 valence electrons. The molecule has 0 aliphatic carbocycles. The zero-order valence-corrected chi connectivity index (χ0v) is 14.4. The van der Waals surface area contributed by atoms with E-state index in [4.69, 9.17) is 22.1 Å². The van der Waals surface area contributed by atoms with E-state index in [1.165, 1.54) is 11.3 Å². The first-order valence-electron chi connectivity index (χ1n) is 8.09. The van der Waals surface area contributed by atoms with Crippen LogP contribution in [0.2, 0.25) is 5.02 Å². The second-order valence-corrected chi connectivity index (χ2v) is 6.82. The summed E-state index contributed by atoms with van der Waals surface area (Å²) in [6.07, 6.45) is 1.14. The molecule has 4 heteroatoms. The number of nitrogen functional groups attached to an aromatic ring is 1. The van der Waals surface area contributed by atoms with Gasteiger partial charge in [0.25, 0.3) is 0 Å². The molecule has 1 saturated heterocycles. The van der Waals surface area contributed by atoms with E-state index in [1.807, 2.05) is 12.1 Å². The number of hydrogen-bond acceptors (Lipinski definition) is 3. The molecule has 23 heavy (non-hydrogen) atoms. The SMILES string of the molecule is CC(C)c1cccc(N2CCC(Oc3ccc(N)cc3Cl)C2)c1. The van der Waals surface area contributed by atoms with Gasteiger partial charge in [-0.3, -0.25) is 0 Å². The minimum absolute atomic E-state index is 0.152. The first-order valence-corrected chi connectivity index (χ1v) is 8.47. The van der Waals surface area contributed by atoms with Crippen LogP contribution >= 0.6 is 11.6 Å². The molecule has 0 amide bonds. The van der Waals surface area contributed by atoms with Crippen LogP contribution in [0.1, 0.15) is 31.7 Å². The molecule has 2 aromatic rings. The van der Waals surface area contributed by atoms with E-state index >= 15 is 0 Å². The Labute approximate surface area is 143 Å². The molecule has 0 saturated carbocycles. The zero-order valence-electron chi connectivity index (χ0n) is 13.6. The Morgan fingerprint density at radius 1 is 1.22 bits per heavy atom. The molecule has 1 fully saturated rings. The van der Waals surface area contributed by atoms with Crippen molar-refractivity contribution in [2.45, 2.75) is 32.3 Å². The number of hydrogen-bond donors (Lipinski definition) is 1. The average molecular weight is 331 g/mol. The summed E-state index contributed by atoms with van der Waals surface area (Å²) in [6, 6.07) is 14.2. The Bertz CT molecular complexity index is 687. The van der Waals surface area contributed by atoms with Crippen LogP contribution in [0.25, 0.3) is 0 Å². The minimum atomic E-state index is 0.152. The van der Waals surface area contributed by atoms with E-state index in [-0.39, 0.29) is 6.10 Å². The van der Waals surface area contributed by atoms with Gasteiger partial charge in [-0.25, -0.2) is 0 Å². The maximum absolute atomic E-state index is 6.20. The van der Waals surface area contributed by atoms with Crippen molar-refractivity contribution in [2.75, 3.05) is 23.7 Å². The quantitative estimate of drug-likeness (QED) is 0.825. The molecule has 1 aliphatic rings. The molecule has 0 aromatic heterocycles. The van der Waals surface area contributed by atoms with Gasteiger partial charge in [-0.2, -0.15) is 0 Å². The van der Waals surface area contributed by atoms with Gasteiger partial charge in [-0.1, -0.05) is 37.6 Å². The van der Waals surface area contributed by atoms with Crippen LogP contribution in [-0.2, 0) is 0 Å². The highest BCUT2D eigenvalue weighted by Gasteiger charge is 2.25. The molecule has 2 N–H and O–H groups in total. The highest BCUT2D eigenvalue weighted by molar-refractivity contribution is 6.32. The number of halogens is 1. The van der Waals surface area contributed by atoms with Gasteiger partial charge in [-0.05, 0) is 41.8 Å². The van der Waals surface area contributed by atoms with E-state index in [9.17, 15) is 0 Å². The molecule has 0 bridgehead atoms. The highest BCUT2D eigenvalue weighted by Crippen LogP contribution is 2.30. The molecule has 3 nitrogen and oxygen atoms in total. The number of nitrogens with two attached hydrogens (primary N) is 1. The lowest BCUT2D eigenvalue weighted by atomic mass is 10.0. The Kier molecular flexibility index (Phi) is 4.67. The van der Waals surface area contributed by atoms with Crippen molar-refractivity contribution in [2.24, 2.45) is 0 Å². The monoisotopic (exact) mass is 330 g/mol. The normalized spacial score (nSPS) is 17.7. The van der Waals surface area contributed by atoms with Crippen molar-refractivity contribution in [1.29, 1.82) is 0 Å². The van der Waals surface area contributed by atoms with Crippen LogP contribution in [0, 0.1) is 0 Å². The molecule has 0 radical (unpaired) electrons. The molecule has 1 atom stereocenters. The van der Waals surface area contributed by atoms with Gasteiger partial charge in [0.2, 0.25) is 0 Å². The fourth-order valence-electron chi connectivity index (χ4n) is 2.93. The lowest BCUT2D eigenvalue weighted by Gasteiger charge is -2.20. The Morgan fingerprint density at radius 3 is 2.78 bits per heavy atom.